The molecular formula is C31H25N. The Hall–Kier alpha value is -3.84. The molecule has 0 unspecified atom stereocenters. The second-order valence-corrected chi connectivity index (χ2v) is 8.64. The van der Waals surface area contributed by atoms with Crippen LogP contribution in [-0.4, -0.2) is 4.57 Å². The summed E-state index contributed by atoms with van der Waals surface area (Å²) in [5.74, 6) is 0. The third-order valence-electron chi connectivity index (χ3n) is 6.49. The number of allylic oxidation sites excluding steroid dienone is 4. The minimum Gasteiger partial charge on any atom is -0.309 e. The summed E-state index contributed by atoms with van der Waals surface area (Å²) in [5.41, 5.74) is 10.1. The molecule has 0 atom stereocenters. The van der Waals surface area contributed by atoms with Gasteiger partial charge >= 0.3 is 0 Å². The van der Waals surface area contributed by atoms with Gasteiger partial charge in [0.2, 0.25) is 0 Å². The number of nitrogens with zero attached hydrogens (tertiary/aromatic N) is 1. The average Bonchev–Trinajstić information content (AvgIpc) is 3.18. The van der Waals surface area contributed by atoms with Crippen LogP contribution in [0.5, 0.6) is 0 Å². The van der Waals surface area contributed by atoms with Gasteiger partial charge in [0.05, 0.1) is 11.0 Å². The maximum Gasteiger partial charge on any atom is 0.0547 e. The van der Waals surface area contributed by atoms with Crippen molar-refractivity contribution >= 4 is 27.4 Å². The molecule has 0 spiro atoms. The summed E-state index contributed by atoms with van der Waals surface area (Å²) in [6, 6.07) is 33.3. The van der Waals surface area contributed by atoms with E-state index in [1.165, 1.54) is 55.3 Å². The van der Waals surface area contributed by atoms with Gasteiger partial charge in [-0.15, -0.1) is 0 Å². The molecule has 0 radical (unpaired) electrons. The molecule has 0 saturated carbocycles. The lowest BCUT2D eigenvalue weighted by Gasteiger charge is -2.10. The second kappa shape index (κ2) is 7.69. The predicted molar refractivity (Wildman–Crippen MR) is 137 cm³/mol. The lowest BCUT2D eigenvalue weighted by Crippen LogP contribution is -1.94. The van der Waals surface area contributed by atoms with Crippen LogP contribution in [0.25, 0.3) is 44.2 Å². The predicted octanol–water partition coefficient (Wildman–Crippen LogP) is 8.49. The molecule has 1 aromatic heterocycles. The number of fused-ring (bicyclic) bond motifs is 3. The molecule has 6 rings (SSSR count). The average molecular weight is 412 g/mol. The smallest absolute Gasteiger partial charge is 0.0547 e. The van der Waals surface area contributed by atoms with Gasteiger partial charge in [0, 0.05) is 16.5 Å². The summed E-state index contributed by atoms with van der Waals surface area (Å²) >= 11 is 0. The molecule has 0 amide bonds. The molecule has 1 aliphatic carbocycles. The lowest BCUT2D eigenvalue weighted by atomic mass is 9.98. The van der Waals surface area contributed by atoms with Crippen LogP contribution in [0.4, 0.5) is 0 Å². The lowest BCUT2D eigenvalue weighted by molar-refractivity contribution is 1.04. The third kappa shape index (κ3) is 3.18. The Morgan fingerprint density at radius 2 is 1.41 bits per heavy atom. The van der Waals surface area contributed by atoms with Crippen LogP contribution in [0.2, 0.25) is 0 Å². The van der Waals surface area contributed by atoms with Crippen molar-refractivity contribution in [1.29, 1.82) is 0 Å². The van der Waals surface area contributed by atoms with E-state index in [2.05, 4.69) is 121 Å². The minimum absolute atomic E-state index is 1.12. The standard InChI is InChI=1S/C31H25N/c1-22-12-14-24(15-13-22)25-17-19-30-29(20-25)28-18-16-26(23-8-4-2-5-9-23)21-31(28)32(30)27-10-6-3-7-11-27/h3-4,6-21H,2,5H2,1H3. The van der Waals surface area contributed by atoms with Gasteiger partial charge in [-0.1, -0.05) is 84.5 Å². The zero-order chi connectivity index (χ0) is 21.5. The number of hydrogen-bond donors (Lipinski definition) is 0. The molecular weight excluding hydrogens is 386 g/mol. The van der Waals surface area contributed by atoms with Crippen LogP contribution in [-0.2, 0) is 0 Å². The molecule has 0 fully saturated rings. The Kier molecular flexibility index (Phi) is 4.54. The number of aromatic nitrogens is 1. The topological polar surface area (TPSA) is 4.93 Å². The van der Waals surface area contributed by atoms with E-state index in [0.717, 1.165) is 12.8 Å². The Bertz CT molecular complexity index is 1500. The highest BCUT2D eigenvalue weighted by molar-refractivity contribution is 6.11. The van der Waals surface area contributed by atoms with Gasteiger partial charge in [-0.25, -0.2) is 0 Å². The fraction of sp³-hybridized carbons (Fsp3) is 0.0968. The van der Waals surface area contributed by atoms with E-state index in [4.69, 9.17) is 0 Å². The van der Waals surface area contributed by atoms with Crippen LogP contribution >= 0.6 is 0 Å². The van der Waals surface area contributed by atoms with Crippen molar-refractivity contribution in [2.75, 3.05) is 0 Å². The monoisotopic (exact) mass is 411 g/mol. The highest BCUT2D eigenvalue weighted by Crippen LogP contribution is 2.36. The summed E-state index contributed by atoms with van der Waals surface area (Å²) in [4.78, 5) is 0. The Labute approximate surface area is 188 Å². The molecule has 1 aliphatic rings. The van der Waals surface area contributed by atoms with Gasteiger partial charge in [0.25, 0.3) is 0 Å². The number of rotatable bonds is 3. The van der Waals surface area contributed by atoms with Gasteiger partial charge in [-0.2, -0.15) is 0 Å². The maximum absolute atomic E-state index is 2.40. The van der Waals surface area contributed by atoms with Crippen molar-refractivity contribution < 1.29 is 0 Å². The number of hydrogen-bond acceptors (Lipinski definition) is 0. The summed E-state index contributed by atoms with van der Waals surface area (Å²) in [6.07, 6.45) is 9.14. The SMILES string of the molecule is Cc1ccc(-c2ccc3c(c2)c2ccc(C4=CCCC=C4)cc2n3-c2ccccc2)cc1. The largest absolute Gasteiger partial charge is 0.309 e. The summed E-state index contributed by atoms with van der Waals surface area (Å²) in [7, 11) is 0. The van der Waals surface area contributed by atoms with Crippen LogP contribution in [0.1, 0.15) is 24.0 Å². The van der Waals surface area contributed by atoms with Crippen LogP contribution in [0.15, 0.2) is 109 Å². The van der Waals surface area contributed by atoms with E-state index in [1.807, 2.05) is 0 Å². The summed E-state index contributed by atoms with van der Waals surface area (Å²) < 4.78 is 2.40. The zero-order valence-electron chi connectivity index (χ0n) is 18.3. The van der Waals surface area contributed by atoms with Crippen LogP contribution in [0, 0.1) is 6.92 Å². The van der Waals surface area contributed by atoms with Crippen LogP contribution in [0.3, 0.4) is 0 Å². The van der Waals surface area contributed by atoms with E-state index < -0.39 is 0 Å². The highest BCUT2D eigenvalue weighted by Gasteiger charge is 2.15. The van der Waals surface area contributed by atoms with Crippen molar-refractivity contribution in [3.63, 3.8) is 0 Å². The highest BCUT2D eigenvalue weighted by atomic mass is 15.0. The number of aryl methyl sites for hydroxylation is 1. The number of para-hydroxylation sites is 1. The first kappa shape index (κ1) is 18.9. The first-order valence-electron chi connectivity index (χ1n) is 11.4. The molecule has 1 heteroatoms. The molecule has 0 bridgehead atoms. The molecule has 154 valence electrons. The Morgan fingerprint density at radius 3 is 2.19 bits per heavy atom. The molecule has 4 aromatic carbocycles. The van der Waals surface area contributed by atoms with E-state index in [0.29, 0.717) is 0 Å². The first-order chi connectivity index (χ1) is 15.8. The Balaban J connectivity index is 1.62. The van der Waals surface area contributed by atoms with Crippen molar-refractivity contribution in [3.8, 4) is 16.8 Å². The summed E-state index contributed by atoms with van der Waals surface area (Å²) in [6.45, 7) is 2.13. The molecule has 1 nitrogen and oxygen atoms in total. The normalized spacial score (nSPS) is 13.6. The number of benzene rings is 4. The third-order valence-corrected chi connectivity index (χ3v) is 6.49. The van der Waals surface area contributed by atoms with Crippen molar-refractivity contribution in [1.82, 2.24) is 4.57 Å². The van der Waals surface area contributed by atoms with E-state index in [1.54, 1.807) is 0 Å². The minimum atomic E-state index is 1.12. The van der Waals surface area contributed by atoms with E-state index in [-0.39, 0.29) is 0 Å². The van der Waals surface area contributed by atoms with Gasteiger partial charge in [-0.3, -0.25) is 0 Å². The molecule has 32 heavy (non-hydrogen) atoms. The van der Waals surface area contributed by atoms with Gasteiger partial charge in [-0.05, 0) is 72.4 Å². The van der Waals surface area contributed by atoms with Gasteiger partial charge in [0.1, 0.15) is 0 Å². The summed E-state index contributed by atoms with van der Waals surface area (Å²) in [5, 5.41) is 2.59. The van der Waals surface area contributed by atoms with E-state index >= 15 is 0 Å². The molecule has 0 saturated heterocycles. The zero-order valence-corrected chi connectivity index (χ0v) is 18.3. The molecule has 0 aliphatic heterocycles. The molecule has 5 aromatic rings. The quantitative estimate of drug-likeness (QED) is 0.280. The van der Waals surface area contributed by atoms with Gasteiger partial charge in [0.15, 0.2) is 0 Å². The van der Waals surface area contributed by atoms with Crippen molar-refractivity contribution in [2.45, 2.75) is 19.8 Å². The van der Waals surface area contributed by atoms with Crippen LogP contribution < -0.4 is 0 Å². The first-order valence-corrected chi connectivity index (χ1v) is 11.4. The van der Waals surface area contributed by atoms with Crippen molar-refractivity contribution in [3.05, 3.63) is 120 Å². The van der Waals surface area contributed by atoms with Gasteiger partial charge < -0.3 is 4.57 Å². The Morgan fingerprint density at radius 1 is 0.625 bits per heavy atom. The fourth-order valence-corrected chi connectivity index (χ4v) is 4.81. The van der Waals surface area contributed by atoms with Crippen molar-refractivity contribution in [2.24, 2.45) is 0 Å². The van der Waals surface area contributed by atoms with E-state index in [9.17, 15) is 0 Å². The molecule has 1 heterocycles. The molecule has 0 N–H and O–H groups in total. The second-order valence-electron chi connectivity index (χ2n) is 8.64. The maximum atomic E-state index is 2.40. The fourth-order valence-electron chi connectivity index (χ4n) is 4.81.